The van der Waals surface area contributed by atoms with Crippen LogP contribution in [0.5, 0.6) is 5.75 Å². The van der Waals surface area contributed by atoms with Crippen molar-refractivity contribution in [3.63, 3.8) is 0 Å². The first kappa shape index (κ1) is 20.8. The van der Waals surface area contributed by atoms with E-state index in [0.29, 0.717) is 5.75 Å². The Labute approximate surface area is 169 Å². The summed E-state index contributed by atoms with van der Waals surface area (Å²) in [6.07, 6.45) is 3.35. The van der Waals surface area contributed by atoms with Crippen LogP contribution in [0, 0.1) is 25.7 Å². The number of rotatable bonds is 6. The molecule has 4 amide bonds. The summed E-state index contributed by atoms with van der Waals surface area (Å²) in [6, 6.07) is 5.68. The molecule has 2 aliphatic rings. The van der Waals surface area contributed by atoms with Crippen molar-refractivity contribution in [2.24, 2.45) is 11.8 Å². The highest BCUT2D eigenvalue weighted by molar-refractivity contribution is 6.05. The molecule has 1 aromatic rings. The van der Waals surface area contributed by atoms with Gasteiger partial charge in [-0.15, -0.1) is 0 Å². The number of nitrogens with one attached hydrogen (secondary N) is 2. The van der Waals surface area contributed by atoms with Crippen LogP contribution in [0.1, 0.15) is 43.2 Å². The average molecular weight is 401 g/mol. The number of aryl methyl sites for hydroxylation is 2. The fourth-order valence-electron chi connectivity index (χ4n) is 4.07. The van der Waals surface area contributed by atoms with Gasteiger partial charge < -0.3 is 4.74 Å². The van der Waals surface area contributed by atoms with Gasteiger partial charge in [-0.2, -0.15) is 0 Å². The fourth-order valence-corrected chi connectivity index (χ4v) is 4.07. The van der Waals surface area contributed by atoms with Gasteiger partial charge in [-0.05, 0) is 37.8 Å². The average Bonchev–Trinajstić information content (AvgIpc) is 2.95. The van der Waals surface area contributed by atoms with Gasteiger partial charge in [0.15, 0.2) is 6.61 Å². The minimum Gasteiger partial charge on any atom is -0.483 e. The van der Waals surface area contributed by atoms with Gasteiger partial charge in [-0.1, -0.05) is 31.0 Å². The number of imide groups is 1. The molecule has 0 radical (unpaired) electrons. The Hall–Kier alpha value is -2.90. The second kappa shape index (κ2) is 9.07. The largest absolute Gasteiger partial charge is 0.483 e. The highest BCUT2D eigenvalue weighted by Gasteiger charge is 2.47. The third-order valence-corrected chi connectivity index (χ3v) is 5.59. The predicted octanol–water partition coefficient (Wildman–Crippen LogP) is 1.39. The number of hydrogen-bond acceptors (Lipinski definition) is 5. The first-order chi connectivity index (χ1) is 13.9. The van der Waals surface area contributed by atoms with E-state index in [4.69, 9.17) is 4.74 Å². The van der Waals surface area contributed by atoms with E-state index in [1.807, 2.05) is 32.0 Å². The lowest BCUT2D eigenvalue weighted by Crippen LogP contribution is -2.45. The number of nitrogens with zero attached hydrogens (tertiary/aromatic N) is 1. The zero-order valence-corrected chi connectivity index (χ0v) is 16.8. The molecule has 0 unspecified atom stereocenters. The molecule has 1 aliphatic carbocycles. The topological polar surface area (TPSA) is 105 Å². The molecule has 1 saturated heterocycles. The van der Waals surface area contributed by atoms with Gasteiger partial charge in [0.05, 0.1) is 11.8 Å². The Balaban J connectivity index is 1.40. The summed E-state index contributed by atoms with van der Waals surface area (Å²) in [7, 11) is 0. The van der Waals surface area contributed by atoms with Crippen LogP contribution < -0.4 is 15.6 Å². The maximum atomic E-state index is 12.4. The van der Waals surface area contributed by atoms with Crippen molar-refractivity contribution in [1.82, 2.24) is 15.8 Å². The van der Waals surface area contributed by atoms with Crippen molar-refractivity contribution in [3.05, 3.63) is 29.3 Å². The maximum absolute atomic E-state index is 12.4. The Morgan fingerprint density at radius 1 is 1.00 bits per heavy atom. The smallest absolute Gasteiger partial charge is 0.276 e. The van der Waals surface area contributed by atoms with Crippen LogP contribution in [-0.2, 0) is 19.2 Å². The molecule has 156 valence electrons. The van der Waals surface area contributed by atoms with Crippen LogP contribution in [0.4, 0.5) is 0 Å². The zero-order valence-electron chi connectivity index (χ0n) is 16.8. The number of carbonyl (C=O) groups excluding carboxylic acids is 4. The number of likely N-dealkylation sites (tertiary alicyclic amines) is 1. The van der Waals surface area contributed by atoms with Gasteiger partial charge in [-0.25, -0.2) is 0 Å². The molecule has 2 fully saturated rings. The van der Waals surface area contributed by atoms with Crippen molar-refractivity contribution in [3.8, 4) is 5.75 Å². The molecular weight excluding hydrogens is 374 g/mol. The van der Waals surface area contributed by atoms with Crippen molar-refractivity contribution < 1.29 is 23.9 Å². The van der Waals surface area contributed by atoms with E-state index in [0.717, 1.165) is 36.8 Å². The van der Waals surface area contributed by atoms with Crippen molar-refractivity contribution in [1.29, 1.82) is 0 Å². The van der Waals surface area contributed by atoms with Gasteiger partial charge in [0.2, 0.25) is 17.7 Å². The predicted molar refractivity (Wildman–Crippen MR) is 104 cm³/mol. The van der Waals surface area contributed by atoms with Gasteiger partial charge in [0.1, 0.15) is 5.75 Å². The van der Waals surface area contributed by atoms with Crippen molar-refractivity contribution >= 4 is 23.6 Å². The second-order valence-corrected chi connectivity index (χ2v) is 7.68. The Morgan fingerprint density at radius 2 is 1.55 bits per heavy atom. The summed E-state index contributed by atoms with van der Waals surface area (Å²) in [5.41, 5.74) is 6.42. The van der Waals surface area contributed by atoms with E-state index >= 15 is 0 Å². The van der Waals surface area contributed by atoms with E-state index in [-0.39, 0.29) is 43.2 Å². The highest BCUT2D eigenvalue weighted by Crippen LogP contribution is 2.37. The molecule has 0 bridgehead atoms. The number of amides is 4. The molecule has 1 saturated carbocycles. The zero-order chi connectivity index (χ0) is 21.0. The third kappa shape index (κ3) is 4.75. The summed E-state index contributed by atoms with van der Waals surface area (Å²) in [5, 5.41) is 0. The molecule has 8 nitrogen and oxygen atoms in total. The summed E-state index contributed by atoms with van der Waals surface area (Å²) in [5.74, 6) is -1.11. The molecule has 2 N–H and O–H groups in total. The van der Waals surface area contributed by atoms with E-state index in [9.17, 15) is 19.2 Å². The fraction of sp³-hybridized carbons (Fsp3) is 0.524. The minimum absolute atomic E-state index is 0.0330. The number of fused-ring (bicyclic) bond motifs is 1. The number of hydrazine groups is 1. The first-order valence-electron chi connectivity index (χ1n) is 10.0. The summed E-state index contributed by atoms with van der Waals surface area (Å²) >= 11 is 0. The molecule has 1 aliphatic heterocycles. The van der Waals surface area contributed by atoms with Crippen molar-refractivity contribution in [2.75, 3.05) is 13.2 Å². The van der Waals surface area contributed by atoms with Crippen LogP contribution in [0.15, 0.2) is 18.2 Å². The Bertz CT molecular complexity index is 778. The van der Waals surface area contributed by atoms with Crippen LogP contribution in [0.2, 0.25) is 0 Å². The second-order valence-electron chi connectivity index (χ2n) is 7.68. The minimum atomic E-state index is -0.500. The van der Waals surface area contributed by atoms with Crippen LogP contribution in [-0.4, -0.2) is 41.7 Å². The Kier molecular flexibility index (Phi) is 6.51. The molecular formula is C21H27N3O5. The molecule has 3 rings (SSSR count). The molecule has 0 spiro atoms. The molecule has 29 heavy (non-hydrogen) atoms. The summed E-state index contributed by atoms with van der Waals surface area (Å²) in [4.78, 5) is 49.9. The Morgan fingerprint density at radius 3 is 2.14 bits per heavy atom. The van der Waals surface area contributed by atoms with E-state index in [1.165, 1.54) is 4.90 Å². The molecule has 2 atom stereocenters. The molecule has 8 heteroatoms. The van der Waals surface area contributed by atoms with E-state index < -0.39 is 11.8 Å². The normalized spacial score (nSPS) is 21.0. The number of para-hydroxylation sites is 1. The number of carbonyl (C=O) groups is 4. The summed E-state index contributed by atoms with van der Waals surface area (Å²) < 4.78 is 5.52. The molecule has 1 aromatic carbocycles. The number of ether oxygens (including phenoxy) is 1. The van der Waals surface area contributed by atoms with Gasteiger partial charge in [0.25, 0.3) is 5.91 Å². The maximum Gasteiger partial charge on any atom is 0.276 e. The summed E-state index contributed by atoms with van der Waals surface area (Å²) in [6.45, 7) is 3.57. The number of benzene rings is 1. The van der Waals surface area contributed by atoms with Gasteiger partial charge in [0, 0.05) is 13.0 Å². The number of hydrogen-bond donors (Lipinski definition) is 2. The highest BCUT2D eigenvalue weighted by atomic mass is 16.5. The molecule has 1 heterocycles. The van der Waals surface area contributed by atoms with Gasteiger partial charge in [-0.3, -0.25) is 34.9 Å². The lowest BCUT2D eigenvalue weighted by Gasteiger charge is -2.19. The van der Waals surface area contributed by atoms with Gasteiger partial charge >= 0.3 is 0 Å². The molecule has 0 aromatic heterocycles. The van der Waals surface area contributed by atoms with E-state index in [2.05, 4.69) is 10.9 Å². The van der Waals surface area contributed by atoms with Crippen LogP contribution >= 0.6 is 0 Å². The van der Waals surface area contributed by atoms with Crippen LogP contribution in [0.25, 0.3) is 0 Å². The quantitative estimate of drug-likeness (QED) is 0.554. The van der Waals surface area contributed by atoms with Crippen molar-refractivity contribution in [2.45, 2.75) is 46.0 Å². The third-order valence-electron chi connectivity index (χ3n) is 5.59. The lowest BCUT2D eigenvalue weighted by atomic mass is 9.81. The lowest BCUT2D eigenvalue weighted by molar-refractivity contribution is -0.140. The first-order valence-corrected chi connectivity index (χ1v) is 10.0. The SMILES string of the molecule is Cc1cccc(C)c1OCC(=O)NNC(=O)CCN1C(=O)[C@@H]2CCCC[C@H]2C1=O. The monoisotopic (exact) mass is 401 g/mol. The standard InChI is InChI=1S/C21H27N3O5/c1-13-6-5-7-14(2)19(13)29-12-18(26)23-22-17(25)10-11-24-20(27)15-8-3-4-9-16(15)21(24)28/h5-7,15-16H,3-4,8-12H2,1-2H3,(H,22,25)(H,23,26)/t15-,16-/m1/s1. The van der Waals surface area contributed by atoms with E-state index in [1.54, 1.807) is 0 Å². The van der Waals surface area contributed by atoms with Crippen LogP contribution in [0.3, 0.4) is 0 Å².